The molecule has 2 aromatic carbocycles. The van der Waals surface area contributed by atoms with Gasteiger partial charge in [-0.3, -0.25) is 9.59 Å². The largest absolute Gasteiger partial charge is 0.339 e. The highest BCUT2D eigenvalue weighted by Gasteiger charge is 2.32. The molecule has 3 rings (SSSR count). The molecular formula is C23H27ClN2O2. The lowest BCUT2D eigenvalue weighted by molar-refractivity contribution is -0.137. The summed E-state index contributed by atoms with van der Waals surface area (Å²) in [6, 6.07) is 15.1. The summed E-state index contributed by atoms with van der Waals surface area (Å²) in [5.74, 6) is -0.0910. The summed E-state index contributed by atoms with van der Waals surface area (Å²) in [6.45, 7) is 5.17. The maximum absolute atomic E-state index is 13.1. The van der Waals surface area contributed by atoms with Crippen LogP contribution in [0.25, 0.3) is 0 Å². The summed E-state index contributed by atoms with van der Waals surface area (Å²) in [4.78, 5) is 29.5. The Bertz CT molecular complexity index is 850. The lowest BCUT2D eigenvalue weighted by atomic mass is 9.94. The monoisotopic (exact) mass is 398 g/mol. The number of rotatable bonds is 4. The summed E-state index contributed by atoms with van der Waals surface area (Å²) in [6.07, 6.45) is 1.65. The highest BCUT2D eigenvalue weighted by Crippen LogP contribution is 2.26. The lowest BCUT2D eigenvalue weighted by Crippen LogP contribution is -2.46. The molecule has 28 heavy (non-hydrogen) atoms. The molecule has 148 valence electrons. The average Bonchev–Trinajstić information content (AvgIpc) is 2.72. The van der Waals surface area contributed by atoms with E-state index in [4.69, 9.17) is 11.6 Å². The first-order chi connectivity index (χ1) is 13.4. The molecule has 4 nitrogen and oxygen atoms in total. The zero-order valence-electron chi connectivity index (χ0n) is 16.7. The third-order valence-corrected chi connectivity index (χ3v) is 5.85. The normalized spacial score (nSPS) is 17.9. The van der Waals surface area contributed by atoms with E-state index >= 15 is 0 Å². The van der Waals surface area contributed by atoms with Crippen molar-refractivity contribution in [1.82, 2.24) is 9.80 Å². The number of amides is 2. The number of aryl methyl sites for hydroxylation is 1. The molecule has 0 radical (unpaired) electrons. The number of carbonyl (C=O) groups excluding carboxylic acids is 2. The van der Waals surface area contributed by atoms with Crippen molar-refractivity contribution >= 4 is 23.4 Å². The van der Waals surface area contributed by atoms with Gasteiger partial charge in [0.15, 0.2) is 0 Å². The fourth-order valence-corrected chi connectivity index (χ4v) is 3.91. The SMILES string of the molecule is Cc1ccc(C(=O)N2CCCC(C(=O)N(C)C(C)c3cccc(Cl)c3)C2)cc1. The minimum absolute atomic E-state index is 0.00282. The molecule has 0 N–H and O–H groups in total. The van der Waals surface area contributed by atoms with Crippen LogP contribution in [0.2, 0.25) is 5.02 Å². The third kappa shape index (κ3) is 4.56. The van der Waals surface area contributed by atoms with Gasteiger partial charge in [-0.1, -0.05) is 41.4 Å². The van der Waals surface area contributed by atoms with E-state index in [0.29, 0.717) is 23.7 Å². The molecule has 2 amide bonds. The number of likely N-dealkylation sites (tertiary alicyclic amines) is 1. The molecule has 0 spiro atoms. The molecule has 1 aliphatic rings. The highest BCUT2D eigenvalue weighted by atomic mass is 35.5. The molecule has 0 bridgehead atoms. The van der Waals surface area contributed by atoms with Crippen molar-refractivity contribution in [3.05, 3.63) is 70.2 Å². The highest BCUT2D eigenvalue weighted by molar-refractivity contribution is 6.30. The summed E-state index contributed by atoms with van der Waals surface area (Å²) in [5, 5.41) is 0.665. The van der Waals surface area contributed by atoms with Gasteiger partial charge in [0.2, 0.25) is 5.91 Å². The van der Waals surface area contributed by atoms with Crippen LogP contribution in [0.4, 0.5) is 0 Å². The second-order valence-electron chi connectivity index (χ2n) is 7.64. The van der Waals surface area contributed by atoms with Crippen LogP contribution in [0.1, 0.15) is 47.3 Å². The van der Waals surface area contributed by atoms with Crippen LogP contribution in [-0.4, -0.2) is 41.8 Å². The third-order valence-electron chi connectivity index (χ3n) is 5.62. The topological polar surface area (TPSA) is 40.6 Å². The zero-order chi connectivity index (χ0) is 20.3. The molecule has 5 heteroatoms. The first-order valence-electron chi connectivity index (χ1n) is 9.75. The summed E-state index contributed by atoms with van der Waals surface area (Å²) < 4.78 is 0. The molecule has 1 heterocycles. The van der Waals surface area contributed by atoms with Gasteiger partial charge in [-0.25, -0.2) is 0 Å². The molecular weight excluding hydrogens is 372 g/mol. The van der Waals surface area contributed by atoms with Gasteiger partial charge in [-0.15, -0.1) is 0 Å². The number of nitrogens with zero attached hydrogens (tertiary/aromatic N) is 2. The van der Waals surface area contributed by atoms with Gasteiger partial charge in [-0.05, 0) is 56.5 Å². The Kier molecular flexibility index (Phi) is 6.40. The quantitative estimate of drug-likeness (QED) is 0.747. The van der Waals surface area contributed by atoms with Crippen LogP contribution in [0.15, 0.2) is 48.5 Å². The Morgan fingerprint density at radius 3 is 2.57 bits per heavy atom. The molecule has 0 aromatic heterocycles. The van der Waals surface area contributed by atoms with Crippen LogP contribution < -0.4 is 0 Å². The first-order valence-corrected chi connectivity index (χ1v) is 10.1. The van der Waals surface area contributed by atoms with Crippen molar-refractivity contribution in [3.8, 4) is 0 Å². The van der Waals surface area contributed by atoms with Crippen molar-refractivity contribution in [1.29, 1.82) is 0 Å². The van der Waals surface area contributed by atoms with Gasteiger partial charge in [-0.2, -0.15) is 0 Å². The fourth-order valence-electron chi connectivity index (χ4n) is 3.71. The van der Waals surface area contributed by atoms with E-state index in [1.165, 1.54) is 0 Å². The Morgan fingerprint density at radius 2 is 1.89 bits per heavy atom. The number of carbonyl (C=O) groups is 2. The van der Waals surface area contributed by atoms with Gasteiger partial charge >= 0.3 is 0 Å². The molecule has 2 atom stereocenters. The predicted octanol–water partition coefficient (Wildman–Crippen LogP) is 4.72. The lowest BCUT2D eigenvalue weighted by Gasteiger charge is -2.36. The van der Waals surface area contributed by atoms with E-state index in [-0.39, 0.29) is 23.8 Å². The van der Waals surface area contributed by atoms with Crippen LogP contribution >= 0.6 is 11.6 Å². The minimum atomic E-state index is -0.171. The second kappa shape index (κ2) is 8.78. The molecule has 1 saturated heterocycles. The molecule has 1 fully saturated rings. The van der Waals surface area contributed by atoms with Crippen molar-refractivity contribution < 1.29 is 9.59 Å². The van der Waals surface area contributed by atoms with Gasteiger partial charge in [0.05, 0.1) is 12.0 Å². The van der Waals surface area contributed by atoms with Crippen molar-refractivity contribution in [2.24, 2.45) is 5.92 Å². The van der Waals surface area contributed by atoms with Gasteiger partial charge in [0, 0.05) is 30.7 Å². The van der Waals surface area contributed by atoms with Gasteiger partial charge < -0.3 is 9.80 Å². The first kappa shape index (κ1) is 20.4. The van der Waals surface area contributed by atoms with Gasteiger partial charge in [0.25, 0.3) is 5.91 Å². The van der Waals surface area contributed by atoms with Crippen LogP contribution in [-0.2, 0) is 4.79 Å². The second-order valence-corrected chi connectivity index (χ2v) is 8.07. The van der Waals surface area contributed by atoms with Crippen molar-refractivity contribution in [2.75, 3.05) is 20.1 Å². The van der Waals surface area contributed by atoms with E-state index in [2.05, 4.69) is 0 Å². The van der Waals surface area contributed by atoms with Gasteiger partial charge in [0.1, 0.15) is 0 Å². The standard InChI is InChI=1S/C23H27ClN2O2/c1-16-9-11-18(12-10-16)23(28)26-13-5-7-20(15-26)22(27)25(3)17(2)19-6-4-8-21(24)14-19/h4,6,8-12,14,17,20H,5,7,13,15H2,1-3H3. The van der Waals surface area contributed by atoms with E-state index in [1.54, 1.807) is 4.90 Å². The molecule has 2 aromatic rings. The maximum atomic E-state index is 13.1. The maximum Gasteiger partial charge on any atom is 0.253 e. The van der Waals surface area contributed by atoms with Crippen molar-refractivity contribution in [3.63, 3.8) is 0 Å². The number of halogens is 1. The Labute approximate surface area is 172 Å². The summed E-state index contributed by atoms with van der Waals surface area (Å²) in [7, 11) is 1.83. The van der Waals surface area contributed by atoms with E-state index in [1.807, 2.05) is 74.3 Å². The van der Waals surface area contributed by atoms with E-state index in [9.17, 15) is 9.59 Å². The average molecular weight is 399 g/mol. The van der Waals surface area contributed by atoms with E-state index < -0.39 is 0 Å². The molecule has 0 saturated carbocycles. The molecule has 0 aliphatic carbocycles. The van der Waals surface area contributed by atoms with Crippen LogP contribution in [0.3, 0.4) is 0 Å². The number of hydrogen-bond donors (Lipinski definition) is 0. The van der Waals surface area contributed by atoms with E-state index in [0.717, 1.165) is 24.0 Å². The Hall–Kier alpha value is -2.33. The molecule has 1 aliphatic heterocycles. The summed E-state index contributed by atoms with van der Waals surface area (Å²) >= 11 is 6.10. The Balaban J connectivity index is 1.68. The Morgan fingerprint density at radius 1 is 1.18 bits per heavy atom. The smallest absolute Gasteiger partial charge is 0.253 e. The fraction of sp³-hybridized carbons (Fsp3) is 0.391. The zero-order valence-corrected chi connectivity index (χ0v) is 17.4. The molecule has 2 unspecified atom stereocenters. The van der Waals surface area contributed by atoms with Crippen LogP contribution in [0, 0.1) is 12.8 Å². The number of hydrogen-bond acceptors (Lipinski definition) is 2. The number of benzene rings is 2. The number of piperidine rings is 1. The predicted molar refractivity (Wildman–Crippen MR) is 112 cm³/mol. The van der Waals surface area contributed by atoms with Crippen molar-refractivity contribution in [2.45, 2.75) is 32.7 Å². The minimum Gasteiger partial charge on any atom is -0.339 e. The summed E-state index contributed by atoms with van der Waals surface area (Å²) in [5.41, 5.74) is 2.81. The van der Waals surface area contributed by atoms with Crippen LogP contribution in [0.5, 0.6) is 0 Å².